The standard InChI is InChI=1S/C23H20N8O/c1-13-7-8-17-15(10-13)14(2)32-23-21(25)26-12-16(27-23)20-18(11-24)30(3)29-22(20)28-19-6-4-5-9-31(17)19/h4-10,12,14H,1-3H3,(H2,25,26)/t14-/m1/s1. The number of ether oxygens (including phenoxy) is 1. The van der Waals surface area contributed by atoms with E-state index in [1.54, 1.807) is 7.05 Å². The lowest BCUT2D eigenvalue weighted by Crippen LogP contribution is -2.27. The molecule has 158 valence electrons. The van der Waals surface area contributed by atoms with E-state index in [1.807, 2.05) is 55.3 Å². The molecule has 9 heteroatoms. The smallest absolute Gasteiger partial charge is 0.258 e. The molecule has 0 spiro atoms. The van der Waals surface area contributed by atoms with Crippen LogP contribution < -0.4 is 15.4 Å². The van der Waals surface area contributed by atoms with Crippen LogP contribution in [0.3, 0.4) is 0 Å². The van der Waals surface area contributed by atoms with Crippen LogP contribution in [0, 0.1) is 18.3 Å². The Kier molecular flexibility index (Phi) is 4.48. The second kappa shape index (κ2) is 7.35. The van der Waals surface area contributed by atoms with Gasteiger partial charge in [-0.2, -0.15) is 10.4 Å². The minimum atomic E-state index is -0.375. The summed E-state index contributed by atoms with van der Waals surface area (Å²) in [4.78, 5) is 15.7. The van der Waals surface area contributed by atoms with E-state index in [9.17, 15) is 5.26 Å². The SMILES string of the molecule is Cc1ccc2c(c1)[C@@H](C)Oc1nc(cnc1N)-c1c(nn(C)c1C#N)N=C1C=CC=CN12. The normalized spacial score (nSPS) is 16.5. The number of nitrogen functional groups attached to an aromatic ring is 1. The van der Waals surface area contributed by atoms with Crippen LogP contribution in [0.2, 0.25) is 0 Å². The van der Waals surface area contributed by atoms with Crippen molar-refractivity contribution >= 4 is 23.2 Å². The number of aryl methyl sites for hydroxylation is 2. The fourth-order valence-electron chi connectivity index (χ4n) is 3.83. The molecule has 2 aliphatic heterocycles. The molecule has 3 aromatic rings. The quantitative estimate of drug-likeness (QED) is 0.584. The van der Waals surface area contributed by atoms with E-state index >= 15 is 0 Å². The number of nitriles is 1. The van der Waals surface area contributed by atoms with Crippen LogP contribution in [0.5, 0.6) is 5.88 Å². The summed E-state index contributed by atoms with van der Waals surface area (Å²) in [6.45, 7) is 3.97. The highest BCUT2D eigenvalue weighted by atomic mass is 16.5. The van der Waals surface area contributed by atoms with E-state index in [2.05, 4.69) is 27.2 Å². The Morgan fingerprint density at radius 2 is 2.09 bits per heavy atom. The number of benzene rings is 1. The summed E-state index contributed by atoms with van der Waals surface area (Å²) >= 11 is 0. The average Bonchev–Trinajstić information content (AvgIpc) is 3.09. The highest BCUT2D eigenvalue weighted by Gasteiger charge is 2.26. The summed E-state index contributed by atoms with van der Waals surface area (Å²) in [6, 6.07) is 8.33. The van der Waals surface area contributed by atoms with Crippen molar-refractivity contribution in [1.29, 1.82) is 5.26 Å². The number of rotatable bonds is 0. The molecule has 0 saturated heterocycles. The fraction of sp³-hybridized carbons (Fsp3) is 0.174. The highest BCUT2D eigenvalue weighted by molar-refractivity contribution is 6.10. The number of nitrogens with zero attached hydrogens (tertiary/aromatic N) is 7. The number of hydrogen-bond acceptors (Lipinski definition) is 8. The second-order valence-electron chi connectivity index (χ2n) is 7.59. The van der Waals surface area contributed by atoms with Gasteiger partial charge in [-0.05, 0) is 32.1 Å². The molecule has 1 aromatic carbocycles. The Bertz CT molecular complexity index is 1380. The van der Waals surface area contributed by atoms with Crippen molar-refractivity contribution in [3.05, 3.63) is 65.6 Å². The molecule has 2 aromatic heterocycles. The zero-order valence-corrected chi connectivity index (χ0v) is 17.8. The van der Waals surface area contributed by atoms with Gasteiger partial charge in [0.05, 0.1) is 23.1 Å². The largest absolute Gasteiger partial charge is 0.467 e. The first-order valence-electron chi connectivity index (χ1n) is 10.1. The van der Waals surface area contributed by atoms with E-state index < -0.39 is 0 Å². The molecule has 0 aliphatic carbocycles. The van der Waals surface area contributed by atoms with Crippen LogP contribution in [0.4, 0.5) is 17.3 Å². The maximum absolute atomic E-state index is 9.77. The van der Waals surface area contributed by atoms with Crippen LogP contribution in [0.25, 0.3) is 11.3 Å². The van der Waals surface area contributed by atoms with E-state index in [4.69, 9.17) is 15.5 Å². The van der Waals surface area contributed by atoms with Gasteiger partial charge in [0, 0.05) is 18.8 Å². The van der Waals surface area contributed by atoms with Crippen molar-refractivity contribution in [2.24, 2.45) is 12.0 Å². The molecule has 0 radical (unpaired) electrons. The molecule has 0 fully saturated rings. The number of nitrogens with two attached hydrogens (primary N) is 1. The van der Waals surface area contributed by atoms with Crippen molar-refractivity contribution in [2.45, 2.75) is 20.0 Å². The minimum Gasteiger partial charge on any atom is -0.467 e. The monoisotopic (exact) mass is 424 g/mol. The third kappa shape index (κ3) is 3.09. The topological polar surface area (TPSA) is 118 Å². The fourth-order valence-corrected chi connectivity index (χ4v) is 3.83. The molecule has 0 unspecified atom stereocenters. The average molecular weight is 424 g/mol. The predicted octanol–water partition coefficient (Wildman–Crippen LogP) is 3.71. The molecule has 2 N–H and O–H groups in total. The number of fused-ring (bicyclic) bond motifs is 7. The van der Waals surface area contributed by atoms with Crippen LogP contribution in [-0.4, -0.2) is 25.6 Å². The molecule has 0 amide bonds. The van der Waals surface area contributed by atoms with Crippen LogP contribution in [-0.2, 0) is 7.05 Å². The van der Waals surface area contributed by atoms with Crippen molar-refractivity contribution < 1.29 is 4.74 Å². The van der Waals surface area contributed by atoms with Gasteiger partial charge in [0.1, 0.15) is 23.7 Å². The van der Waals surface area contributed by atoms with Gasteiger partial charge >= 0.3 is 0 Å². The number of hydrogen-bond donors (Lipinski definition) is 1. The van der Waals surface area contributed by atoms with Gasteiger partial charge in [-0.1, -0.05) is 23.8 Å². The zero-order valence-electron chi connectivity index (χ0n) is 17.8. The van der Waals surface area contributed by atoms with Gasteiger partial charge in [-0.3, -0.25) is 4.68 Å². The maximum atomic E-state index is 9.77. The van der Waals surface area contributed by atoms with Crippen molar-refractivity contribution in [1.82, 2.24) is 19.7 Å². The van der Waals surface area contributed by atoms with Gasteiger partial charge in [0.25, 0.3) is 5.88 Å². The molecule has 0 saturated carbocycles. The van der Waals surface area contributed by atoms with Gasteiger partial charge in [0.2, 0.25) is 0 Å². The summed E-state index contributed by atoms with van der Waals surface area (Å²) in [5.41, 5.74) is 10.2. The first-order valence-corrected chi connectivity index (χ1v) is 10.1. The van der Waals surface area contributed by atoms with Crippen LogP contribution >= 0.6 is 0 Å². The summed E-state index contributed by atoms with van der Waals surface area (Å²) in [7, 11) is 1.69. The molecular formula is C23H20N8O. The van der Waals surface area contributed by atoms with Crippen molar-refractivity contribution in [2.75, 3.05) is 10.6 Å². The lowest BCUT2D eigenvalue weighted by molar-refractivity contribution is 0.219. The first kappa shape index (κ1) is 19.5. The number of anilines is 2. The molecule has 2 bridgehead atoms. The Labute approximate surface area is 184 Å². The van der Waals surface area contributed by atoms with Crippen LogP contribution in [0.1, 0.15) is 29.8 Å². The molecular weight excluding hydrogens is 404 g/mol. The van der Waals surface area contributed by atoms with Crippen molar-refractivity contribution in [3.8, 4) is 23.2 Å². The molecule has 1 atom stereocenters. The Morgan fingerprint density at radius 1 is 1.25 bits per heavy atom. The molecule has 2 aliphatic rings. The zero-order chi connectivity index (χ0) is 22.4. The van der Waals surface area contributed by atoms with E-state index in [0.29, 0.717) is 28.6 Å². The summed E-state index contributed by atoms with van der Waals surface area (Å²) in [6.07, 6.45) is 8.81. The third-order valence-corrected chi connectivity index (χ3v) is 5.39. The van der Waals surface area contributed by atoms with Crippen molar-refractivity contribution in [3.63, 3.8) is 0 Å². The minimum absolute atomic E-state index is 0.167. The number of aliphatic imine (C=N–C) groups is 1. The number of amidine groups is 1. The third-order valence-electron chi connectivity index (χ3n) is 5.39. The number of aromatic nitrogens is 4. The van der Waals surface area contributed by atoms with E-state index in [-0.39, 0.29) is 17.8 Å². The lowest BCUT2D eigenvalue weighted by Gasteiger charge is -2.28. The summed E-state index contributed by atoms with van der Waals surface area (Å²) in [5, 5.41) is 14.3. The van der Waals surface area contributed by atoms with Crippen LogP contribution in [0.15, 0.2) is 53.8 Å². The van der Waals surface area contributed by atoms with Gasteiger partial charge < -0.3 is 15.4 Å². The van der Waals surface area contributed by atoms with E-state index in [0.717, 1.165) is 16.8 Å². The highest BCUT2D eigenvalue weighted by Crippen LogP contribution is 2.38. The molecule has 9 nitrogen and oxygen atoms in total. The Morgan fingerprint density at radius 3 is 2.91 bits per heavy atom. The Balaban J connectivity index is 1.85. The lowest BCUT2D eigenvalue weighted by atomic mass is 10.0. The van der Waals surface area contributed by atoms with E-state index in [1.165, 1.54) is 10.9 Å². The number of allylic oxidation sites excluding steroid dienone is 2. The first-order chi connectivity index (χ1) is 15.5. The molecule has 5 rings (SSSR count). The second-order valence-corrected chi connectivity index (χ2v) is 7.59. The van der Waals surface area contributed by atoms with Gasteiger partial charge in [0.15, 0.2) is 11.6 Å². The maximum Gasteiger partial charge on any atom is 0.258 e. The van der Waals surface area contributed by atoms with Gasteiger partial charge in [-0.25, -0.2) is 15.0 Å². The summed E-state index contributed by atoms with van der Waals surface area (Å²) in [5.74, 6) is 1.37. The summed E-state index contributed by atoms with van der Waals surface area (Å²) < 4.78 is 7.68. The Hall–Kier alpha value is -4.45. The van der Waals surface area contributed by atoms with Gasteiger partial charge in [-0.15, -0.1) is 0 Å². The predicted molar refractivity (Wildman–Crippen MR) is 121 cm³/mol. The molecule has 32 heavy (non-hydrogen) atoms. The molecule has 4 heterocycles.